The lowest BCUT2D eigenvalue weighted by Gasteiger charge is -2.31. The number of carbonyl (C=O) groups is 1. The Balaban J connectivity index is 1.48. The van der Waals surface area contributed by atoms with E-state index < -0.39 is 0 Å². The van der Waals surface area contributed by atoms with Crippen LogP contribution in [0.1, 0.15) is 43.7 Å². The van der Waals surface area contributed by atoms with E-state index >= 15 is 0 Å². The van der Waals surface area contributed by atoms with Crippen molar-refractivity contribution in [3.8, 4) is 0 Å². The molecule has 1 aliphatic carbocycles. The average molecular weight is 289 g/mol. The number of nitrogens with two attached hydrogens (primary N) is 1. The van der Waals surface area contributed by atoms with Crippen LogP contribution >= 0.6 is 0 Å². The third kappa shape index (κ3) is 3.50. The first-order valence-electron chi connectivity index (χ1n) is 7.81. The molecule has 3 rings (SSSR count). The lowest BCUT2D eigenvalue weighted by Crippen LogP contribution is -2.38. The molecule has 21 heavy (non-hydrogen) atoms. The molecule has 0 spiro atoms. The van der Waals surface area contributed by atoms with Gasteiger partial charge in [0.1, 0.15) is 12.1 Å². The standard InChI is InChI=1S/C15H23N5O/c16-12-7-11(8-12)13-9-14(19-10-18-13)17-4-6-20-5-2-1-3-15(20)21/h9-12H,1-8,16H2,(H,17,18,19). The van der Waals surface area contributed by atoms with Gasteiger partial charge in [-0.3, -0.25) is 4.79 Å². The molecule has 0 atom stereocenters. The Bertz CT molecular complexity index is 501. The molecule has 1 saturated carbocycles. The summed E-state index contributed by atoms with van der Waals surface area (Å²) in [7, 11) is 0. The van der Waals surface area contributed by atoms with Crippen molar-refractivity contribution < 1.29 is 4.79 Å². The van der Waals surface area contributed by atoms with Crippen molar-refractivity contribution in [1.29, 1.82) is 0 Å². The maximum Gasteiger partial charge on any atom is 0.222 e. The second kappa shape index (κ2) is 6.39. The number of hydrogen-bond donors (Lipinski definition) is 2. The van der Waals surface area contributed by atoms with E-state index in [1.165, 1.54) is 0 Å². The predicted molar refractivity (Wildman–Crippen MR) is 80.9 cm³/mol. The summed E-state index contributed by atoms with van der Waals surface area (Å²) >= 11 is 0. The van der Waals surface area contributed by atoms with Gasteiger partial charge >= 0.3 is 0 Å². The maximum absolute atomic E-state index is 11.7. The monoisotopic (exact) mass is 289 g/mol. The minimum Gasteiger partial charge on any atom is -0.368 e. The van der Waals surface area contributed by atoms with E-state index in [2.05, 4.69) is 15.3 Å². The fraction of sp³-hybridized carbons (Fsp3) is 0.667. The SMILES string of the molecule is NC1CC(c2cc(NCCN3CCCCC3=O)ncn2)C1. The molecular formula is C15H23N5O. The largest absolute Gasteiger partial charge is 0.368 e. The third-order valence-corrected chi connectivity index (χ3v) is 4.39. The van der Waals surface area contributed by atoms with Gasteiger partial charge in [0.25, 0.3) is 0 Å². The third-order valence-electron chi connectivity index (χ3n) is 4.39. The maximum atomic E-state index is 11.7. The number of aromatic nitrogens is 2. The molecule has 6 heteroatoms. The van der Waals surface area contributed by atoms with Gasteiger partial charge in [-0.15, -0.1) is 0 Å². The fourth-order valence-corrected chi connectivity index (χ4v) is 3.01. The summed E-state index contributed by atoms with van der Waals surface area (Å²) in [6, 6.07) is 2.33. The van der Waals surface area contributed by atoms with E-state index in [1.54, 1.807) is 6.33 Å². The van der Waals surface area contributed by atoms with Crippen LogP contribution in [-0.4, -0.2) is 46.5 Å². The van der Waals surface area contributed by atoms with Gasteiger partial charge in [0.2, 0.25) is 5.91 Å². The fourth-order valence-electron chi connectivity index (χ4n) is 3.01. The molecule has 114 valence electrons. The van der Waals surface area contributed by atoms with Gasteiger partial charge < -0.3 is 16.0 Å². The van der Waals surface area contributed by atoms with E-state index in [4.69, 9.17) is 5.73 Å². The Hall–Kier alpha value is -1.69. The highest BCUT2D eigenvalue weighted by atomic mass is 16.2. The molecule has 1 saturated heterocycles. The van der Waals surface area contributed by atoms with E-state index in [1.807, 2.05) is 11.0 Å². The summed E-state index contributed by atoms with van der Waals surface area (Å²) in [5, 5.41) is 3.29. The Morgan fingerprint density at radius 2 is 2.19 bits per heavy atom. The highest BCUT2D eigenvalue weighted by molar-refractivity contribution is 5.76. The van der Waals surface area contributed by atoms with Crippen LogP contribution in [0.5, 0.6) is 0 Å². The second-order valence-electron chi connectivity index (χ2n) is 6.02. The first kappa shape index (κ1) is 14.3. The molecule has 0 radical (unpaired) electrons. The Labute approximate surface area is 125 Å². The lowest BCUT2D eigenvalue weighted by atomic mass is 9.79. The molecule has 1 aromatic rings. The quantitative estimate of drug-likeness (QED) is 0.848. The summed E-state index contributed by atoms with van der Waals surface area (Å²) < 4.78 is 0. The van der Waals surface area contributed by atoms with E-state index in [-0.39, 0.29) is 5.91 Å². The molecule has 2 fully saturated rings. The highest BCUT2D eigenvalue weighted by Crippen LogP contribution is 2.34. The number of hydrogen-bond acceptors (Lipinski definition) is 5. The Kier molecular flexibility index (Phi) is 4.34. The van der Waals surface area contributed by atoms with Gasteiger partial charge in [0, 0.05) is 49.8 Å². The van der Waals surface area contributed by atoms with Crippen LogP contribution in [0, 0.1) is 0 Å². The number of anilines is 1. The number of nitrogens with one attached hydrogen (secondary N) is 1. The lowest BCUT2D eigenvalue weighted by molar-refractivity contribution is -0.133. The van der Waals surface area contributed by atoms with Crippen molar-refractivity contribution in [3.05, 3.63) is 18.1 Å². The molecule has 2 heterocycles. The number of nitrogens with zero attached hydrogens (tertiary/aromatic N) is 3. The van der Waals surface area contributed by atoms with Gasteiger partial charge in [-0.1, -0.05) is 0 Å². The molecule has 3 N–H and O–H groups in total. The molecule has 6 nitrogen and oxygen atoms in total. The van der Waals surface area contributed by atoms with Crippen LogP contribution < -0.4 is 11.1 Å². The minimum absolute atomic E-state index is 0.273. The zero-order chi connectivity index (χ0) is 14.7. The summed E-state index contributed by atoms with van der Waals surface area (Å²) in [6.07, 6.45) is 6.47. The summed E-state index contributed by atoms with van der Waals surface area (Å²) in [5.74, 6) is 1.59. The molecule has 0 aromatic carbocycles. The van der Waals surface area contributed by atoms with Gasteiger partial charge in [0.15, 0.2) is 0 Å². The van der Waals surface area contributed by atoms with Crippen LogP contribution in [-0.2, 0) is 4.79 Å². The molecule has 2 aliphatic rings. The average Bonchev–Trinajstić information content (AvgIpc) is 2.46. The number of piperidine rings is 1. The highest BCUT2D eigenvalue weighted by Gasteiger charge is 2.28. The summed E-state index contributed by atoms with van der Waals surface area (Å²) in [5.41, 5.74) is 6.90. The first-order valence-corrected chi connectivity index (χ1v) is 7.81. The van der Waals surface area contributed by atoms with E-state index in [9.17, 15) is 4.79 Å². The molecule has 1 aromatic heterocycles. The van der Waals surface area contributed by atoms with Crippen molar-refractivity contribution in [2.45, 2.75) is 44.1 Å². The van der Waals surface area contributed by atoms with Crippen LogP contribution in [0.15, 0.2) is 12.4 Å². The zero-order valence-corrected chi connectivity index (χ0v) is 12.3. The normalized spacial score (nSPS) is 25.6. The summed E-state index contributed by atoms with van der Waals surface area (Å²) in [4.78, 5) is 22.2. The van der Waals surface area contributed by atoms with Crippen LogP contribution in [0.4, 0.5) is 5.82 Å². The van der Waals surface area contributed by atoms with Crippen molar-refractivity contribution in [3.63, 3.8) is 0 Å². The number of likely N-dealkylation sites (tertiary alicyclic amines) is 1. The van der Waals surface area contributed by atoms with Gasteiger partial charge in [-0.25, -0.2) is 9.97 Å². The first-order chi connectivity index (χ1) is 10.2. The molecule has 1 amide bonds. The smallest absolute Gasteiger partial charge is 0.222 e. The van der Waals surface area contributed by atoms with Crippen molar-refractivity contribution in [1.82, 2.24) is 14.9 Å². The van der Waals surface area contributed by atoms with Crippen molar-refractivity contribution >= 4 is 11.7 Å². The molecular weight excluding hydrogens is 266 g/mol. The van der Waals surface area contributed by atoms with Crippen LogP contribution in [0.25, 0.3) is 0 Å². The van der Waals surface area contributed by atoms with Crippen LogP contribution in [0.2, 0.25) is 0 Å². The molecule has 1 aliphatic heterocycles. The number of rotatable bonds is 5. The van der Waals surface area contributed by atoms with Crippen molar-refractivity contribution in [2.24, 2.45) is 5.73 Å². The minimum atomic E-state index is 0.273. The number of amides is 1. The van der Waals surface area contributed by atoms with Crippen molar-refractivity contribution in [2.75, 3.05) is 25.0 Å². The van der Waals surface area contributed by atoms with Gasteiger partial charge in [0.05, 0.1) is 0 Å². The van der Waals surface area contributed by atoms with Gasteiger partial charge in [-0.2, -0.15) is 0 Å². The molecule has 0 bridgehead atoms. The topological polar surface area (TPSA) is 84.1 Å². The molecule has 0 unspecified atom stereocenters. The zero-order valence-electron chi connectivity index (χ0n) is 12.3. The summed E-state index contributed by atoms with van der Waals surface area (Å²) in [6.45, 7) is 2.36. The Morgan fingerprint density at radius 3 is 2.95 bits per heavy atom. The van der Waals surface area contributed by atoms with Gasteiger partial charge in [-0.05, 0) is 25.7 Å². The van der Waals surface area contributed by atoms with Crippen LogP contribution in [0.3, 0.4) is 0 Å². The second-order valence-corrected chi connectivity index (χ2v) is 6.02. The Morgan fingerprint density at radius 1 is 1.33 bits per heavy atom. The van der Waals surface area contributed by atoms with E-state index in [0.29, 0.717) is 18.4 Å². The predicted octanol–water partition coefficient (Wildman–Crippen LogP) is 1.11. The number of carbonyl (C=O) groups excluding carboxylic acids is 1. The van der Waals surface area contributed by atoms with E-state index in [0.717, 1.165) is 56.8 Å².